The maximum Gasteiger partial charge on any atom is 0.234 e. The summed E-state index contributed by atoms with van der Waals surface area (Å²) in [6, 6.07) is 27.2. The number of benzene rings is 3. The molecule has 0 aromatic heterocycles. The van der Waals surface area contributed by atoms with Crippen LogP contribution in [0, 0.1) is 5.92 Å². The van der Waals surface area contributed by atoms with E-state index in [1.165, 1.54) is 0 Å². The monoisotopic (exact) mass is 442 g/mol. The topological polar surface area (TPSA) is 58.6 Å². The van der Waals surface area contributed by atoms with E-state index in [1.807, 2.05) is 89.8 Å². The van der Waals surface area contributed by atoms with Gasteiger partial charge in [-0.05, 0) is 54.2 Å². The zero-order valence-electron chi connectivity index (χ0n) is 18.9. The Bertz CT molecular complexity index is 1060. The van der Waals surface area contributed by atoms with Crippen LogP contribution in [-0.2, 0) is 9.59 Å². The van der Waals surface area contributed by atoms with Crippen LogP contribution in [0.3, 0.4) is 0 Å². The molecule has 0 aliphatic carbocycles. The number of anilines is 1. The van der Waals surface area contributed by atoms with E-state index < -0.39 is 0 Å². The van der Waals surface area contributed by atoms with Gasteiger partial charge in [-0.15, -0.1) is 0 Å². The molecule has 0 bridgehead atoms. The van der Waals surface area contributed by atoms with E-state index >= 15 is 0 Å². The molecule has 1 unspecified atom stereocenters. The Balaban J connectivity index is 1.41. The molecule has 1 saturated heterocycles. The number of para-hydroxylation sites is 1. The summed E-state index contributed by atoms with van der Waals surface area (Å²) in [5, 5.41) is 2.96. The first-order valence-corrected chi connectivity index (χ1v) is 11.5. The molecule has 3 aromatic rings. The summed E-state index contributed by atoms with van der Waals surface area (Å²) >= 11 is 0. The van der Waals surface area contributed by atoms with Crippen LogP contribution in [0.5, 0.6) is 5.75 Å². The van der Waals surface area contributed by atoms with Gasteiger partial charge in [-0.2, -0.15) is 0 Å². The molecule has 4 rings (SSSR count). The fourth-order valence-corrected chi connectivity index (χ4v) is 4.48. The predicted octanol–water partition coefficient (Wildman–Crippen LogP) is 5.09. The van der Waals surface area contributed by atoms with Crippen LogP contribution in [0.1, 0.15) is 36.3 Å². The minimum atomic E-state index is -0.376. The lowest BCUT2D eigenvalue weighted by Crippen LogP contribution is -2.42. The number of likely N-dealkylation sites (tertiary alicyclic amines) is 1. The van der Waals surface area contributed by atoms with Gasteiger partial charge in [0.2, 0.25) is 11.8 Å². The molecule has 5 heteroatoms. The summed E-state index contributed by atoms with van der Waals surface area (Å²) in [6.07, 6.45) is 2.13. The van der Waals surface area contributed by atoms with Gasteiger partial charge >= 0.3 is 0 Å². The van der Waals surface area contributed by atoms with Crippen LogP contribution < -0.4 is 10.1 Å². The Morgan fingerprint density at radius 2 is 1.55 bits per heavy atom. The van der Waals surface area contributed by atoms with E-state index in [0.29, 0.717) is 19.5 Å². The van der Waals surface area contributed by atoms with Crippen LogP contribution in [0.15, 0.2) is 84.9 Å². The molecule has 0 saturated carbocycles. The Kier molecular flexibility index (Phi) is 7.40. The molecule has 1 N–H and O–H groups in total. The molecule has 0 radical (unpaired) electrons. The van der Waals surface area contributed by atoms with Crippen molar-refractivity contribution in [1.82, 2.24) is 4.90 Å². The maximum atomic E-state index is 13.7. The average Bonchev–Trinajstić information content (AvgIpc) is 2.86. The summed E-state index contributed by atoms with van der Waals surface area (Å²) in [7, 11) is 1.64. The second-order valence-corrected chi connectivity index (χ2v) is 8.51. The van der Waals surface area contributed by atoms with Crippen molar-refractivity contribution in [2.24, 2.45) is 5.92 Å². The van der Waals surface area contributed by atoms with Gasteiger partial charge in [0, 0.05) is 25.2 Å². The summed E-state index contributed by atoms with van der Waals surface area (Å²) < 4.78 is 5.40. The van der Waals surface area contributed by atoms with Crippen LogP contribution in [0.4, 0.5) is 5.69 Å². The van der Waals surface area contributed by atoms with Gasteiger partial charge < -0.3 is 15.0 Å². The maximum absolute atomic E-state index is 13.7. The van der Waals surface area contributed by atoms with E-state index in [4.69, 9.17) is 4.74 Å². The number of carbonyl (C=O) groups excluding carboxylic acids is 2. The first-order chi connectivity index (χ1) is 16.1. The largest absolute Gasteiger partial charge is 0.497 e. The molecular weight excluding hydrogens is 412 g/mol. The zero-order chi connectivity index (χ0) is 23.0. The van der Waals surface area contributed by atoms with Gasteiger partial charge in [0.05, 0.1) is 13.0 Å². The fourth-order valence-electron chi connectivity index (χ4n) is 4.48. The van der Waals surface area contributed by atoms with Gasteiger partial charge in [0.1, 0.15) is 5.75 Å². The minimum absolute atomic E-state index is 0.0320. The number of nitrogens with zero attached hydrogens (tertiary/aromatic N) is 1. The lowest BCUT2D eigenvalue weighted by molar-refractivity contribution is -0.133. The zero-order valence-corrected chi connectivity index (χ0v) is 18.9. The third-order valence-corrected chi connectivity index (χ3v) is 6.26. The molecule has 0 spiro atoms. The highest BCUT2D eigenvalue weighted by Gasteiger charge is 2.31. The van der Waals surface area contributed by atoms with Crippen molar-refractivity contribution in [3.8, 4) is 5.75 Å². The third-order valence-electron chi connectivity index (χ3n) is 6.26. The number of methoxy groups -OCH3 is 1. The lowest BCUT2D eigenvalue weighted by Gasteiger charge is -2.34. The second-order valence-electron chi connectivity index (χ2n) is 8.51. The van der Waals surface area contributed by atoms with Crippen molar-refractivity contribution in [3.63, 3.8) is 0 Å². The number of hydrogen-bond donors (Lipinski definition) is 1. The van der Waals surface area contributed by atoms with Gasteiger partial charge in [-0.25, -0.2) is 0 Å². The predicted molar refractivity (Wildman–Crippen MR) is 130 cm³/mol. The van der Waals surface area contributed by atoms with Crippen LogP contribution >= 0.6 is 0 Å². The van der Waals surface area contributed by atoms with Crippen LogP contribution in [0.2, 0.25) is 0 Å². The van der Waals surface area contributed by atoms with Gasteiger partial charge in [0.25, 0.3) is 0 Å². The minimum Gasteiger partial charge on any atom is -0.497 e. The molecular formula is C28H30N2O3. The number of rotatable bonds is 7. The quantitative estimate of drug-likeness (QED) is 0.554. The smallest absolute Gasteiger partial charge is 0.234 e. The number of piperidine rings is 1. The molecule has 33 heavy (non-hydrogen) atoms. The highest BCUT2D eigenvalue weighted by atomic mass is 16.5. The van der Waals surface area contributed by atoms with E-state index in [-0.39, 0.29) is 23.7 Å². The molecule has 1 fully saturated rings. The Labute approximate surface area is 195 Å². The standard InChI is InChI=1S/C28H30N2O3/c1-33-25-14-8-11-23(20-25)27(22-9-4-2-5-10-22)28(32)30-17-15-21(16-18-30)19-26(31)29-24-12-6-3-7-13-24/h2-14,20-21,27H,15-19H2,1H3,(H,29,31). The van der Waals surface area contributed by atoms with Gasteiger partial charge in [-0.3, -0.25) is 9.59 Å². The number of nitrogens with one attached hydrogen (secondary N) is 1. The Morgan fingerprint density at radius 1 is 0.909 bits per heavy atom. The molecule has 3 aromatic carbocycles. The van der Waals surface area contributed by atoms with Crippen LogP contribution in [-0.4, -0.2) is 36.9 Å². The van der Waals surface area contributed by atoms with E-state index in [0.717, 1.165) is 35.4 Å². The molecule has 1 aliphatic heterocycles. The van der Waals surface area contributed by atoms with Crippen molar-refractivity contribution in [2.45, 2.75) is 25.2 Å². The van der Waals surface area contributed by atoms with Gasteiger partial charge in [-0.1, -0.05) is 60.7 Å². The Morgan fingerprint density at radius 3 is 2.21 bits per heavy atom. The van der Waals surface area contributed by atoms with E-state index in [2.05, 4.69) is 5.32 Å². The van der Waals surface area contributed by atoms with Crippen LogP contribution in [0.25, 0.3) is 0 Å². The summed E-state index contributed by atoms with van der Waals surface area (Å²) in [4.78, 5) is 28.1. The number of carbonyl (C=O) groups is 2. The van der Waals surface area contributed by atoms with Crippen molar-refractivity contribution < 1.29 is 14.3 Å². The molecule has 1 heterocycles. The summed E-state index contributed by atoms with van der Waals surface area (Å²) in [6.45, 7) is 1.32. The number of hydrogen-bond acceptors (Lipinski definition) is 3. The van der Waals surface area contributed by atoms with Crippen molar-refractivity contribution in [3.05, 3.63) is 96.1 Å². The highest BCUT2D eigenvalue weighted by molar-refractivity contribution is 5.91. The first-order valence-electron chi connectivity index (χ1n) is 11.5. The Hall–Kier alpha value is -3.60. The van der Waals surface area contributed by atoms with E-state index in [9.17, 15) is 9.59 Å². The lowest BCUT2D eigenvalue weighted by atomic mass is 9.87. The summed E-state index contributed by atoms with van der Waals surface area (Å²) in [5.74, 6) is 0.777. The first kappa shape index (κ1) is 22.6. The van der Waals surface area contributed by atoms with Crippen molar-refractivity contribution in [2.75, 3.05) is 25.5 Å². The SMILES string of the molecule is COc1cccc(C(C(=O)N2CCC(CC(=O)Nc3ccccc3)CC2)c2ccccc2)c1. The molecule has 2 amide bonds. The number of ether oxygens (including phenoxy) is 1. The second kappa shape index (κ2) is 10.8. The average molecular weight is 443 g/mol. The van der Waals surface area contributed by atoms with E-state index in [1.54, 1.807) is 7.11 Å². The molecule has 1 atom stereocenters. The molecule has 170 valence electrons. The molecule has 1 aliphatic rings. The fraction of sp³-hybridized carbons (Fsp3) is 0.286. The highest BCUT2D eigenvalue weighted by Crippen LogP contribution is 2.31. The summed E-state index contributed by atoms with van der Waals surface area (Å²) in [5.41, 5.74) is 2.72. The third kappa shape index (κ3) is 5.80. The number of amides is 2. The van der Waals surface area contributed by atoms with Gasteiger partial charge in [0.15, 0.2) is 0 Å². The normalized spacial score (nSPS) is 15.0. The van der Waals surface area contributed by atoms with Crippen molar-refractivity contribution in [1.29, 1.82) is 0 Å². The van der Waals surface area contributed by atoms with Crippen molar-refractivity contribution >= 4 is 17.5 Å². The molecule has 5 nitrogen and oxygen atoms in total.